The number of benzene rings is 3. The van der Waals surface area contributed by atoms with Crippen molar-refractivity contribution in [2.75, 3.05) is 20.2 Å². The fraction of sp³-hybridized carbons (Fsp3) is 0.304. The lowest BCUT2D eigenvalue weighted by molar-refractivity contribution is 0.00989. The van der Waals surface area contributed by atoms with E-state index in [2.05, 4.69) is 29.6 Å². The van der Waals surface area contributed by atoms with Crippen molar-refractivity contribution in [1.29, 1.82) is 0 Å². The molecule has 4 heteroatoms. The quantitative estimate of drug-likeness (QED) is 0.714. The Hall–Kier alpha value is -2.43. The summed E-state index contributed by atoms with van der Waals surface area (Å²) in [6.07, 6.45) is 1.02. The van der Waals surface area contributed by atoms with Crippen LogP contribution in [0.2, 0.25) is 0 Å². The Kier molecular flexibility index (Phi) is 5.37. The highest BCUT2D eigenvalue weighted by atomic mass is 19.1. The summed E-state index contributed by atoms with van der Waals surface area (Å²) in [5, 5.41) is 5.66. The molecule has 4 rings (SSSR count). The molecule has 0 bridgehead atoms. The second-order valence-electron chi connectivity index (χ2n) is 6.98. The second kappa shape index (κ2) is 8.07. The van der Waals surface area contributed by atoms with Crippen molar-refractivity contribution in [3.05, 3.63) is 77.6 Å². The molecule has 0 spiro atoms. The third-order valence-corrected chi connectivity index (χ3v) is 5.34. The van der Waals surface area contributed by atoms with Crippen molar-refractivity contribution >= 4 is 10.8 Å². The summed E-state index contributed by atoms with van der Waals surface area (Å²) in [5.41, 5.74) is 2.17. The summed E-state index contributed by atoms with van der Waals surface area (Å²) in [4.78, 5) is 0. The van der Waals surface area contributed by atoms with Gasteiger partial charge in [0, 0.05) is 23.4 Å². The van der Waals surface area contributed by atoms with E-state index in [4.69, 9.17) is 9.47 Å². The minimum Gasteiger partial charge on any atom is -0.496 e. The van der Waals surface area contributed by atoms with Gasteiger partial charge < -0.3 is 14.8 Å². The zero-order chi connectivity index (χ0) is 18.6. The van der Waals surface area contributed by atoms with Gasteiger partial charge in [0.25, 0.3) is 0 Å². The number of nitrogens with one attached hydrogen (secondary N) is 1. The third-order valence-electron chi connectivity index (χ3n) is 5.34. The molecule has 1 saturated heterocycles. The molecule has 3 aromatic carbocycles. The number of halogens is 1. The normalized spacial score (nSPS) is 19.9. The van der Waals surface area contributed by atoms with Crippen LogP contribution in [0.3, 0.4) is 0 Å². The van der Waals surface area contributed by atoms with Crippen LogP contribution in [-0.2, 0) is 11.3 Å². The number of hydrogen-bond donors (Lipinski definition) is 1. The molecule has 27 heavy (non-hydrogen) atoms. The molecule has 1 aliphatic rings. The highest BCUT2D eigenvalue weighted by Gasteiger charge is 2.27. The molecule has 3 aromatic rings. The fourth-order valence-electron chi connectivity index (χ4n) is 3.94. The van der Waals surface area contributed by atoms with Gasteiger partial charge in [-0.2, -0.15) is 0 Å². The maximum atomic E-state index is 13.3. The Bertz CT molecular complexity index is 910. The monoisotopic (exact) mass is 365 g/mol. The van der Waals surface area contributed by atoms with Crippen LogP contribution in [-0.4, -0.2) is 26.3 Å². The van der Waals surface area contributed by atoms with Crippen LogP contribution in [0.15, 0.2) is 60.7 Å². The van der Waals surface area contributed by atoms with E-state index in [1.807, 2.05) is 24.3 Å². The Morgan fingerprint density at radius 2 is 1.85 bits per heavy atom. The minimum absolute atomic E-state index is 0.0420. The van der Waals surface area contributed by atoms with E-state index in [0.717, 1.165) is 47.2 Å². The predicted octanol–water partition coefficient (Wildman–Crippen LogP) is 4.65. The molecule has 1 aliphatic heterocycles. The predicted molar refractivity (Wildman–Crippen MR) is 106 cm³/mol. The molecule has 1 heterocycles. The summed E-state index contributed by atoms with van der Waals surface area (Å²) in [7, 11) is 1.70. The van der Waals surface area contributed by atoms with Gasteiger partial charge in [-0.05, 0) is 36.0 Å². The van der Waals surface area contributed by atoms with E-state index in [-0.39, 0.29) is 17.8 Å². The first kappa shape index (κ1) is 18.0. The lowest BCUT2D eigenvalue weighted by atomic mass is 9.87. The van der Waals surface area contributed by atoms with E-state index >= 15 is 0 Å². The van der Waals surface area contributed by atoms with E-state index in [1.54, 1.807) is 7.11 Å². The first-order valence-corrected chi connectivity index (χ1v) is 9.38. The molecule has 2 unspecified atom stereocenters. The van der Waals surface area contributed by atoms with E-state index < -0.39 is 0 Å². The van der Waals surface area contributed by atoms with Gasteiger partial charge in [0.1, 0.15) is 11.6 Å². The average Bonchev–Trinajstić information content (AvgIpc) is 2.72. The van der Waals surface area contributed by atoms with Gasteiger partial charge >= 0.3 is 0 Å². The molecule has 0 saturated carbocycles. The lowest BCUT2D eigenvalue weighted by Crippen LogP contribution is -2.41. The average molecular weight is 365 g/mol. The van der Waals surface area contributed by atoms with Gasteiger partial charge in [-0.15, -0.1) is 0 Å². The van der Waals surface area contributed by atoms with Crippen LogP contribution >= 0.6 is 0 Å². The third kappa shape index (κ3) is 3.82. The van der Waals surface area contributed by atoms with Crippen molar-refractivity contribution in [2.24, 2.45) is 0 Å². The number of piperidine rings is 1. The summed E-state index contributed by atoms with van der Waals surface area (Å²) < 4.78 is 25.3. The van der Waals surface area contributed by atoms with E-state index in [9.17, 15) is 4.39 Å². The maximum absolute atomic E-state index is 13.3. The van der Waals surface area contributed by atoms with Gasteiger partial charge in [0.2, 0.25) is 0 Å². The molecular weight excluding hydrogens is 341 g/mol. The zero-order valence-electron chi connectivity index (χ0n) is 15.5. The zero-order valence-corrected chi connectivity index (χ0v) is 15.5. The molecule has 1 N–H and O–H groups in total. The molecule has 0 radical (unpaired) electrons. The molecular formula is C23H24FNO2. The summed E-state index contributed by atoms with van der Waals surface area (Å²) in [5.74, 6) is 0.930. The second-order valence-corrected chi connectivity index (χ2v) is 6.98. The molecule has 0 aromatic heterocycles. The Morgan fingerprint density at radius 1 is 1.04 bits per heavy atom. The summed E-state index contributed by atoms with van der Waals surface area (Å²) >= 11 is 0. The minimum atomic E-state index is -0.203. The van der Waals surface area contributed by atoms with Gasteiger partial charge in [0.15, 0.2) is 0 Å². The van der Waals surface area contributed by atoms with E-state index in [0.29, 0.717) is 6.61 Å². The van der Waals surface area contributed by atoms with Crippen molar-refractivity contribution in [3.8, 4) is 5.75 Å². The van der Waals surface area contributed by atoms with Crippen LogP contribution < -0.4 is 10.1 Å². The molecule has 0 aliphatic carbocycles. The fourth-order valence-corrected chi connectivity index (χ4v) is 3.94. The highest BCUT2D eigenvalue weighted by Crippen LogP contribution is 2.32. The smallest absolute Gasteiger partial charge is 0.132 e. The first-order valence-electron chi connectivity index (χ1n) is 9.38. The van der Waals surface area contributed by atoms with Gasteiger partial charge in [-0.1, -0.05) is 48.5 Å². The molecule has 0 amide bonds. The Morgan fingerprint density at radius 3 is 2.67 bits per heavy atom. The summed E-state index contributed by atoms with van der Waals surface area (Å²) in [6, 6.07) is 19.2. The van der Waals surface area contributed by atoms with Crippen LogP contribution in [0.25, 0.3) is 10.8 Å². The molecule has 3 nitrogen and oxygen atoms in total. The van der Waals surface area contributed by atoms with Crippen molar-refractivity contribution in [3.63, 3.8) is 0 Å². The maximum Gasteiger partial charge on any atom is 0.132 e. The molecule has 2 atom stereocenters. The van der Waals surface area contributed by atoms with Crippen molar-refractivity contribution in [1.82, 2.24) is 5.32 Å². The van der Waals surface area contributed by atoms with Crippen LogP contribution in [0.4, 0.5) is 4.39 Å². The number of hydrogen-bond acceptors (Lipinski definition) is 3. The SMILES string of the molecule is COc1c(COC2CNCCC2c2ccc(F)cc2)ccc2ccccc12. The number of rotatable bonds is 5. The van der Waals surface area contributed by atoms with Crippen molar-refractivity contribution < 1.29 is 13.9 Å². The summed E-state index contributed by atoms with van der Waals surface area (Å²) in [6.45, 7) is 2.22. The topological polar surface area (TPSA) is 30.5 Å². The lowest BCUT2D eigenvalue weighted by Gasteiger charge is -2.32. The van der Waals surface area contributed by atoms with Gasteiger partial charge in [-0.25, -0.2) is 4.39 Å². The Balaban J connectivity index is 1.54. The van der Waals surface area contributed by atoms with Gasteiger partial charge in [0.05, 0.1) is 19.8 Å². The van der Waals surface area contributed by atoms with E-state index in [1.165, 1.54) is 12.1 Å². The van der Waals surface area contributed by atoms with Crippen LogP contribution in [0, 0.1) is 5.82 Å². The Labute approximate surface area is 159 Å². The van der Waals surface area contributed by atoms with Crippen LogP contribution in [0.5, 0.6) is 5.75 Å². The highest BCUT2D eigenvalue weighted by molar-refractivity contribution is 5.89. The largest absolute Gasteiger partial charge is 0.496 e. The number of methoxy groups -OCH3 is 1. The molecule has 140 valence electrons. The molecule has 1 fully saturated rings. The standard InChI is InChI=1S/C23H24FNO2/c1-26-23-18(7-6-16-4-2-3-5-21(16)23)15-27-22-14-25-13-12-20(22)17-8-10-19(24)11-9-17/h2-11,20,22,25H,12-15H2,1H3. The number of ether oxygens (including phenoxy) is 2. The van der Waals surface area contributed by atoms with Crippen molar-refractivity contribution in [2.45, 2.75) is 25.0 Å². The first-order chi connectivity index (χ1) is 13.3. The number of fused-ring (bicyclic) bond motifs is 1. The van der Waals surface area contributed by atoms with Gasteiger partial charge in [-0.3, -0.25) is 0 Å². The van der Waals surface area contributed by atoms with Crippen LogP contribution in [0.1, 0.15) is 23.5 Å².